The number of hydrogen-bond donors (Lipinski definition) is 1. The normalized spacial score (nSPS) is 17.8. The molecule has 2 aromatic rings. The first-order valence-electron chi connectivity index (χ1n) is 9.07. The smallest absolute Gasteiger partial charge is 0.145 e. The highest BCUT2D eigenvalue weighted by Gasteiger charge is 2.25. The summed E-state index contributed by atoms with van der Waals surface area (Å²) in [6.45, 7) is 4.02. The molecule has 3 rings (SSSR count). The van der Waals surface area contributed by atoms with Crippen molar-refractivity contribution in [3.8, 4) is 0 Å². The summed E-state index contributed by atoms with van der Waals surface area (Å²) >= 11 is 6.11. The SMILES string of the molecule is CC[C@H](O)CN(Cc1cccc(Cl)c1)C[C@@H]1CC(c2ccccc2)=NO1. The quantitative estimate of drug-likeness (QED) is 0.758. The van der Waals surface area contributed by atoms with E-state index in [0.29, 0.717) is 13.1 Å². The molecule has 5 heteroatoms. The fraction of sp³-hybridized carbons (Fsp3) is 0.381. The number of benzene rings is 2. The van der Waals surface area contributed by atoms with E-state index in [0.717, 1.165) is 41.2 Å². The molecule has 0 spiro atoms. The van der Waals surface area contributed by atoms with Crippen LogP contribution in [0.15, 0.2) is 59.8 Å². The van der Waals surface area contributed by atoms with Crippen LogP contribution in [0.3, 0.4) is 0 Å². The molecule has 0 radical (unpaired) electrons. The van der Waals surface area contributed by atoms with Gasteiger partial charge in [0.15, 0.2) is 0 Å². The summed E-state index contributed by atoms with van der Waals surface area (Å²) in [6, 6.07) is 18.0. The van der Waals surface area contributed by atoms with Gasteiger partial charge in [0, 0.05) is 31.1 Å². The van der Waals surface area contributed by atoms with Gasteiger partial charge in [-0.25, -0.2) is 0 Å². The second kappa shape index (κ2) is 9.17. The predicted molar refractivity (Wildman–Crippen MR) is 105 cm³/mol. The molecular formula is C21H25ClN2O2. The van der Waals surface area contributed by atoms with E-state index in [4.69, 9.17) is 16.4 Å². The molecule has 0 fully saturated rings. The van der Waals surface area contributed by atoms with Crippen LogP contribution in [0.1, 0.15) is 30.9 Å². The Morgan fingerprint density at radius 1 is 1.23 bits per heavy atom. The zero-order valence-corrected chi connectivity index (χ0v) is 15.8. The van der Waals surface area contributed by atoms with E-state index in [2.05, 4.69) is 28.3 Å². The van der Waals surface area contributed by atoms with Gasteiger partial charge in [0.25, 0.3) is 0 Å². The minimum atomic E-state index is -0.356. The molecule has 26 heavy (non-hydrogen) atoms. The lowest BCUT2D eigenvalue weighted by atomic mass is 10.0. The van der Waals surface area contributed by atoms with Crippen molar-refractivity contribution >= 4 is 17.3 Å². The third kappa shape index (κ3) is 5.31. The van der Waals surface area contributed by atoms with Crippen LogP contribution in [-0.2, 0) is 11.4 Å². The minimum absolute atomic E-state index is 0.00607. The van der Waals surface area contributed by atoms with Gasteiger partial charge >= 0.3 is 0 Å². The first kappa shape index (κ1) is 18.9. The molecule has 1 aliphatic heterocycles. The van der Waals surface area contributed by atoms with Crippen molar-refractivity contribution in [2.45, 2.75) is 38.5 Å². The van der Waals surface area contributed by atoms with E-state index in [1.165, 1.54) is 0 Å². The fourth-order valence-electron chi connectivity index (χ4n) is 3.14. The molecule has 138 valence electrons. The van der Waals surface area contributed by atoms with E-state index < -0.39 is 0 Å². The zero-order chi connectivity index (χ0) is 18.4. The Balaban J connectivity index is 1.63. The van der Waals surface area contributed by atoms with Gasteiger partial charge in [0.1, 0.15) is 6.10 Å². The molecule has 0 unspecified atom stereocenters. The van der Waals surface area contributed by atoms with Crippen molar-refractivity contribution in [3.63, 3.8) is 0 Å². The Kier molecular flexibility index (Phi) is 6.67. The van der Waals surface area contributed by atoms with Gasteiger partial charge < -0.3 is 9.94 Å². The molecule has 2 aromatic carbocycles. The first-order valence-corrected chi connectivity index (χ1v) is 9.44. The van der Waals surface area contributed by atoms with Crippen molar-refractivity contribution in [2.75, 3.05) is 13.1 Å². The van der Waals surface area contributed by atoms with Crippen molar-refractivity contribution in [1.29, 1.82) is 0 Å². The number of hydrogen-bond acceptors (Lipinski definition) is 4. The zero-order valence-electron chi connectivity index (χ0n) is 15.0. The second-order valence-electron chi connectivity index (χ2n) is 6.72. The third-order valence-corrected chi connectivity index (χ3v) is 4.77. The Labute approximate surface area is 160 Å². The van der Waals surface area contributed by atoms with Crippen LogP contribution >= 0.6 is 11.6 Å². The summed E-state index contributed by atoms with van der Waals surface area (Å²) in [4.78, 5) is 7.88. The van der Waals surface area contributed by atoms with E-state index >= 15 is 0 Å². The van der Waals surface area contributed by atoms with Crippen LogP contribution < -0.4 is 0 Å². The highest BCUT2D eigenvalue weighted by molar-refractivity contribution is 6.30. The molecule has 4 nitrogen and oxygen atoms in total. The van der Waals surface area contributed by atoms with Crippen molar-refractivity contribution in [1.82, 2.24) is 4.90 Å². The molecule has 0 amide bonds. The first-order chi connectivity index (χ1) is 12.6. The van der Waals surface area contributed by atoms with Crippen LogP contribution in [0.2, 0.25) is 5.02 Å². The predicted octanol–water partition coefficient (Wildman–Crippen LogP) is 4.11. The summed E-state index contributed by atoms with van der Waals surface area (Å²) in [5.74, 6) is 0. The van der Waals surface area contributed by atoms with Gasteiger partial charge in [-0.05, 0) is 29.7 Å². The maximum Gasteiger partial charge on any atom is 0.145 e. The molecule has 0 saturated heterocycles. The summed E-state index contributed by atoms with van der Waals surface area (Å²) in [5.41, 5.74) is 3.21. The largest absolute Gasteiger partial charge is 0.392 e. The lowest BCUT2D eigenvalue weighted by Crippen LogP contribution is -2.37. The minimum Gasteiger partial charge on any atom is -0.392 e. The molecule has 1 aliphatic rings. The van der Waals surface area contributed by atoms with Gasteiger partial charge in [-0.3, -0.25) is 4.90 Å². The molecule has 0 aromatic heterocycles. The van der Waals surface area contributed by atoms with E-state index in [-0.39, 0.29) is 12.2 Å². The fourth-order valence-corrected chi connectivity index (χ4v) is 3.35. The van der Waals surface area contributed by atoms with Crippen LogP contribution in [-0.4, -0.2) is 41.0 Å². The molecule has 2 atom stereocenters. The summed E-state index contributed by atoms with van der Waals surface area (Å²) in [6.07, 6.45) is 1.14. The maximum absolute atomic E-state index is 10.1. The topological polar surface area (TPSA) is 45.1 Å². The number of nitrogens with zero attached hydrogens (tertiary/aromatic N) is 2. The van der Waals surface area contributed by atoms with Gasteiger partial charge in [-0.2, -0.15) is 0 Å². The molecular weight excluding hydrogens is 348 g/mol. The molecule has 1 heterocycles. The standard InChI is InChI=1S/C21H25ClN2O2/c1-2-19(25)14-24(13-16-7-6-10-18(22)11-16)15-20-12-21(23-26-20)17-8-4-3-5-9-17/h3-11,19-20,25H,2,12-15H2,1H3/t19-,20-/m0/s1. The number of oxime groups is 1. The van der Waals surface area contributed by atoms with Crippen molar-refractivity contribution < 1.29 is 9.94 Å². The summed E-state index contributed by atoms with van der Waals surface area (Å²) in [7, 11) is 0. The van der Waals surface area contributed by atoms with Crippen LogP contribution in [0.5, 0.6) is 0 Å². The number of halogens is 1. The Hall–Kier alpha value is -1.88. The van der Waals surface area contributed by atoms with Gasteiger partial charge in [0.05, 0.1) is 11.8 Å². The van der Waals surface area contributed by atoms with Crippen molar-refractivity contribution in [2.24, 2.45) is 5.16 Å². The van der Waals surface area contributed by atoms with Gasteiger partial charge in [-0.1, -0.05) is 66.1 Å². The molecule has 0 aliphatic carbocycles. The Morgan fingerprint density at radius 2 is 2.04 bits per heavy atom. The Morgan fingerprint density at radius 3 is 2.77 bits per heavy atom. The summed E-state index contributed by atoms with van der Waals surface area (Å²) in [5, 5.41) is 15.1. The van der Waals surface area contributed by atoms with Crippen LogP contribution in [0, 0.1) is 0 Å². The Bertz CT molecular complexity index is 736. The lowest BCUT2D eigenvalue weighted by molar-refractivity contribution is 0.0315. The van der Waals surface area contributed by atoms with E-state index in [1.54, 1.807) is 0 Å². The average molecular weight is 373 g/mol. The van der Waals surface area contributed by atoms with E-state index in [9.17, 15) is 5.11 Å². The van der Waals surface area contributed by atoms with Gasteiger partial charge in [0.2, 0.25) is 0 Å². The average Bonchev–Trinajstić information content (AvgIpc) is 3.11. The molecule has 0 bridgehead atoms. The summed E-state index contributed by atoms with van der Waals surface area (Å²) < 4.78 is 0. The van der Waals surface area contributed by atoms with Crippen LogP contribution in [0.25, 0.3) is 0 Å². The number of aliphatic hydroxyl groups excluding tert-OH is 1. The molecule has 0 saturated carbocycles. The maximum atomic E-state index is 10.1. The van der Waals surface area contributed by atoms with E-state index in [1.807, 2.05) is 43.3 Å². The number of rotatable bonds is 8. The van der Waals surface area contributed by atoms with Crippen LogP contribution in [0.4, 0.5) is 0 Å². The van der Waals surface area contributed by atoms with Gasteiger partial charge in [-0.15, -0.1) is 0 Å². The number of aliphatic hydroxyl groups is 1. The molecule has 1 N–H and O–H groups in total. The highest BCUT2D eigenvalue weighted by atomic mass is 35.5. The highest BCUT2D eigenvalue weighted by Crippen LogP contribution is 2.19. The monoisotopic (exact) mass is 372 g/mol. The second-order valence-corrected chi connectivity index (χ2v) is 7.16. The van der Waals surface area contributed by atoms with Crippen molar-refractivity contribution in [3.05, 3.63) is 70.7 Å². The third-order valence-electron chi connectivity index (χ3n) is 4.54. The lowest BCUT2D eigenvalue weighted by Gasteiger charge is -2.26.